The molecule has 0 saturated carbocycles. The van der Waals surface area contributed by atoms with Crippen LogP contribution >= 0.6 is 11.6 Å². The zero-order valence-corrected chi connectivity index (χ0v) is 17.8. The minimum Gasteiger partial charge on any atom is -0.768 e. The summed E-state index contributed by atoms with van der Waals surface area (Å²) in [5, 5.41) is 4.07. The van der Waals surface area contributed by atoms with Crippen LogP contribution in [0.2, 0.25) is 5.02 Å². The van der Waals surface area contributed by atoms with Crippen molar-refractivity contribution >= 4 is 22.7 Å². The first-order valence-electron chi connectivity index (χ1n) is 7.30. The standard InChI is InChI=1S/C17H12ClF3N2O2S.Na/c1-10-2-5-12(8-14(10)18)23-15(9-16(22-23)17(19,20)21)11-3-6-13(7-4-11)26(24)25;/h2-9H,1H3,(H,24,25);/q;+1/p-1. The van der Waals surface area contributed by atoms with Crippen LogP contribution in [0.5, 0.6) is 0 Å². The molecule has 136 valence electrons. The maximum atomic E-state index is 13.1. The van der Waals surface area contributed by atoms with Gasteiger partial charge in [-0.25, -0.2) is 4.68 Å². The SMILES string of the molecule is Cc1ccc(-n2nc(C(F)(F)F)cc2-c2ccc(S(=O)[O-])cc2)cc1Cl.[Na+]. The average Bonchev–Trinajstić information content (AvgIpc) is 3.03. The minimum atomic E-state index is -4.62. The van der Waals surface area contributed by atoms with E-state index in [2.05, 4.69) is 5.10 Å². The van der Waals surface area contributed by atoms with Crippen LogP contribution in [-0.4, -0.2) is 18.5 Å². The van der Waals surface area contributed by atoms with Crippen LogP contribution in [0.4, 0.5) is 13.2 Å². The third-order valence-corrected chi connectivity index (χ3v) is 4.81. The molecule has 0 fully saturated rings. The van der Waals surface area contributed by atoms with Crippen LogP contribution in [-0.2, 0) is 17.3 Å². The van der Waals surface area contributed by atoms with Crippen LogP contribution in [0.15, 0.2) is 53.4 Å². The van der Waals surface area contributed by atoms with Crippen LogP contribution in [0.3, 0.4) is 0 Å². The first kappa shape index (κ1) is 22.1. The van der Waals surface area contributed by atoms with E-state index in [1.54, 1.807) is 19.1 Å². The Morgan fingerprint density at radius 3 is 2.26 bits per heavy atom. The summed E-state index contributed by atoms with van der Waals surface area (Å²) >= 11 is 3.66. The number of aromatic nitrogens is 2. The van der Waals surface area contributed by atoms with Gasteiger partial charge in [-0.2, -0.15) is 18.3 Å². The predicted molar refractivity (Wildman–Crippen MR) is 90.9 cm³/mol. The molecule has 0 radical (unpaired) electrons. The van der Waals surface area contributed by atoms with Crippen molar-refractivity contribution in [2.24, 2.45) is 0 Å². The van der Waals surface area contributed by atoms with Gasteiger partial charge in [-0.05, 0) is 53.9 Å². The molecule has 10 heteroatoms. The van der Waals surface area contributed by atoms with Crippen molar-refractivity contribution in [2.45, 2.75) is 18.0 Å². The second-order valence-electron chi connectivity index (χ2n) is 5.52. The third kappa shape index (κ3) is 4.82. The molecule has 1 aromatic heterocycles. The second kappa shape index (κ2) is 8.46. The van der Waals surface area contributed by atoms with E-state index in [-0.39, 0.29) is 40.1 Å². The first-order valence-corrected chi connectivity index (χ1v) is 8.75. The number of halogens is 4. The number of hydrogen-bond acceptors (Lipinski definition) is 3. The average molecular weight is 423 g/mol. The minimum absolute atomic E-state index is 0. The summed E-state index contributed by atoms with van der Waals surface area (Å²) in [6, 6.07) is 11.2. The zero-order chi connectivity index (χ0) is 19.1. The monoisotopic (exact) mass is 422 g/mol. The van der Waals surface area contributed by atoms with E-state index < -0.39 is 23.0 Å². The van der Waals surface area contributed by atoms with Crippen molar-refractivity contribution < 1.29 is 51.5 Å². The van der Waals surface area contributed by atoms with Gasteiger partial charge in [0, 0.05) is 15.5 Å². The molecular formula is C17H11ClF3N2NaO2S. The Hall–Kier alpha value is -1.16. The number of nitrogens with zero attached hydrogens (tertiary/aromatic N) is 2. The summed E-state index contributed by atoms with van der Waals surface area (Å²) in [6.45, 7) is 1.78. The second-order valence-corrected chi connectivity index (χ2v) is 6.86. The predicted octanol–water partition coefficient (Wildman–Crippen LogP) is 1.76. The van der Waals surface area contributed by atoms with E-state index in [1.165, 1.54) is 30.3 Å². The summed E-state index contributed by atoms with van der Waals surface area (Å²) in [5.74, 6) is 0. The molecule has 0 aliphatic rings. The molecule has 0 spiro atoms. The smallest absolute Gasteiger partial charge is 0.768 e. The van der Waals surface area contributed by atoms with Crippen molar-refractivity contribution in [3.8, 4) is 16.9 Å². The summed E-state index contributed by atoms with van der Waals surface area (Å²) < 4.78 is 62.5. The molecule has 4 nitrogen and oxygen atoms in total. The summed E-state index contributed by atoms with van der Waals surface area (Å²) in [7, 11) is 0. The van der Waals surface area contributed by atoms with Crippen molar-refractivity contribution in [3.05, 3.63) is 64.8 Å². The maximum Gasteiger partial charge on any atom is 1.00 e. The molecule has 0 aliphatic heterocycles. The van der Waals surface area contributed by atoms with Crippen LogP contribution < -0.4 is 29.6 Å². The van der Waals surface area contributed by atoms with E-state index in [1.807, 2.05) is 0 Å². The number of rotatable bonds is 3. The Labute approximate surface area is 182 Å². The molecule has 0 amide bonds. The van der Waals surface area contributed by atoms with Gasteiger partial charge in [0.1, 0.15) is 0 Å². The van der Waals surface area contributed by atoms with Gasteiger partial charge >= 0.3 is 35.7 Å². The van der Waals surface area contributed by atoms with E-state index in [4.69, 9.17) is 11.6 Å². The number of benzene rings is 2. The van der Waals surface area contributed by atoms with Gasteiger partial charge in [0.25, 0.3) is 0 Å². The van der Waals surface area contributed by atoms with Crippen molar-refractivity contribution in [3.63, 3.8) is 0 Å². The van der Waals surface area contributed by atoms with Gasteiger partial charge < -0.3 is 4.55 Å². The molecule has 2 aromatic carbocycles. The molecule has 0 saturated heterocycles. The molecule has 27 heavy (non-hydrogen) atoms. The topological polar surface area (TPSA) is 58.0 Å². The number of aryl methyl sites for hydroxylation is 1. The number of alkyl halides is 3. The number of hydrogen-bond donors (Lipinski definition) is 0. The van der Waals surface area contributed by atoms with Crippen LogP contribution in [0.1, 0.15) is 11.3 Å². The Kier molecular flexibility index (Phi) is 6.94. The normalized spacial score (nSPS) is 12.5. The Balaban J connectivity index is 0.00000261. The van der Waals surface area contributed by atoms with Gasteiger partial charge in [0.2, 0.25) is 0 Å². The summed E-state index contributed by atoms with van der Waals surface area (Å²) in [5.41, 5.74) is 0.644. The fourth-order valence-electron chi connectivity index (χ4n) is 2.37. The Bertz CT molecular complexity index is 991. The molecule has 1 heterocycles. The molecule has 0 aliphatic carbocycles. The van der Waals surface area contributed by atoms with Gasteiger partial charge in [-0.15, -0.1) is 0 Å². The Morgan fingerprint density at radius 1 is 1.11 bits per heavy atom. The van der Waals surface area contributed by atoms with Crippen LogP contribution in [0, 0.1) is 6.92 Å². The Morgan fingerprint density at radius 2 is 1.74 bits per heavy atom. The fourth-order valence-corrected chi connectivity index (χ4v) is 2.91. The van der Waals surface area contributed by atoms with E-state index in [0.717, 1.165) is 16.3 Å². The molecule has 0 N–H and O–H groups in total. The van der Waals surface area contributed by atoms with Gasteiger partial charge in [0.05, 0.1) is 11.4 Å². The molecule has 3 aromatic rings. The van der Waals surface area contributed by atoms with Crippen LogP contribution in [0.25, 0.3) is 16.9 Å². The summed E-state index contributed by atoms with van der Waals surface area (Å²) in [6.07, 6.45) is -4.62. The maximum absolute atomic E-state index is 13.1. The van der Waals surface area contributed by atoms with Gasteiger partial charge in [0.15, 0.2) is 5.69 Å². The fraction of sp³-hybridized carbons (Fsp3) is 0.118. The zero-order valence-electron chi connectivity index (χ0n) is 14.2. The largest absolute Gasteiger partial charge is 1.00 e. The molecular weight excluding hydrogens is 412 g/mol. The van der Waals surface area contributed by atoms with E-state index in [0.29, 0.717) is 16.3 Å². The van der Waals surface area contributed by atoms with Crippen molar-refractivity contribution in [1.82, 2.24) is 9.78 Å². The van der Waals surface area contributed by atoms with E-state index >= 15 is 0 Å². The van der Waals surface area contributed by atoms with Crippen molar-refractivity contribution in [1.29, 1.82) is 0 Å². The summed E-state index contributed by atoms with van der Waals surface area (Å²) in [4.78, 5) is 0.0363. The van der Waals surface area contributed by atoms with Crippen molar-refractivity contribution in [2.75, 3.05) is 0 Å². The first-order chi connectivity index (χ1) is 12.2. The molecule has 0 bridgehead atoms. The quantitative estimate of drug-likeness (QED) is 0.477. The van der Waals surface area contributed by atoms with E-state index in [9.17, 15) is 21.9 Å². The third-order valence-electron chi connectivity index (χ3n) is 3.74. The molecule has 3 rings (SSSR count). The van der Waals surface area contributed by atoms with Gasteiger partial charge in [-0.3, -0.25) is 4.21 Å². The molecule has 1 atom stereocenters. The van der Waals surface area contributed by atoms with Gasteiger partial charge in [-0.1, -0.05) is 29.8 Å². The molecule has 1 unspecified atom stereocenters.